The van der Waals surface area contributed by atoms with Crippen molar-refractivity contribution >= 4 is 0 Å². The van der Waals surface area contributed by atoms with Crippen molar-refractivity contribution in [1.29, 1.82) is 0 Å². The van der Waals surface area contributed by atoms with E-state index >= 15 is 0 Å². The first-order valence-corrected chi connectivity index (χ1v) is 7.29. The summed E-state index contributed by atoms with van der Waals surface area (Å²) in [4.78, 5) is 0. The number of hydrogen-bond donors (Lipinski definition) is 2. The lowest BCUT2D eigenvalue weighted by Crippen LogP contribution is -2.43. The van der Waals surface area contributed by atoms with Gasteiger partial charge < -0.3 is 10.4 Å². The summed E-state index contributed by atoms with van der Waals surface area (Å²) in [6.45, 7) is 3.43. The molecular formula is C16H24FNO. The van der Waals surface area contributed by atoms with Crippen LogP contribution in [0.1, 0.15) is 44.6 Å². The molecule has 1 aliphatic rings. The molecule has 1 fully saturated rings. The first-order chi connectivity index (χ1) is 9.11. The Hall–Kier alpha value is -0.930. The van der Waals surface area contributed by atoms with Gasteiger partial charge >= 0.3 is 0 Å². The summed E-state index contributed by atoms with van der Waals surface area (Å²) in [6, 6.07) is 6.59. The zero-order valence-corrected chi connectivity index (χ0v) is 11.7. The summed E-state index contributed by atoms with van der Waals surface area (Å²) in [6.07, 6.45) is 5.21. The lowest BCUT2D eigenvalue weighted by Gasteiger charge is -2.36. The van der Waals surface area contributed by atoms with Crippen LogP contribution in [0.25, 0.3) is 0 Å². The highest BCUT2D eigenvalue weighted by Gasteiger charge is 2.31. The predicted molar refractivity (Wildman–Crippen MR) is 75.3 cm³/mol. The van der Waals surface area contributed by atoms with Gasteiger partial charge in [-0.2, -0.15) is 0 Å². The van der Waals surface area contributed by atoms with Crippen molar-refractivity contribution in [2.75, 3.05) is 6.54 Å². The number of hydrogen-bond acceptors (Lipinski definition) is 2. The van der Waals surface area contributed by atoms with Crippen LogP contribution in [0.15, 0.2) is 24.3 Å². The van der Waals surface area contributed by atoms with Gasteiger partial charge in [-0.05, 0) is 49.3 Å². The Morgan fingerprint density at radius 1 is 1.37 bits per heavy atom. The Morgan fingerprint density at radius 3 is 2.74 bits per heavy atom. The zero-order valence-electron chi connectivity index (χ0n) is 11.7. The third kappa shape index (κ3) is 4.29. The van der Waals surface area contributed by atoms with E-state index in [4.69, 9.17) is 0 Å². The fraction of sp³-hybridized carbons (Fsp3) is 0.625. The van der Waals surface area contributed by atoms with E-state index in [1.807, 2.05) is 6.07 Å². The molecule has 0 unspecified atom stereocenters. The van der Waals surface area contributed by atoms with Gasteiger partial charge in [0.15, 0.2) is 0 Å². The number of nitrogens with one attached hydrogen (secondary N) is 1. The Balaban J connectivity index is 1.76. The van der Waals surface area contributed by atoms with Crippen LogP contribution in [0.2, 0.25) is 0 Å². The SMILES string of the molecule is CCC1CCC(O)(CNCc2cccc(F)c2)CC1. The minimum absolute atomic E-state index is 0.207. The topological polar surface area (TPSA) is 32.3 Å². The van der Waals surface area contributed by atoms with Crippen LogP contribution < -0.4 is 5.32 Å². The van der Waals surface area contributed by atoms with Gasteiger partial charge in [-0.3, -0.25) is 0 Å². The molecule has 0 aromatic heterocycles. The van der Waals surface area contributed by atoms with E-state index in [9.17, 15) is 9.50 Å². The molecule has 2 nitrogen and oxygen atoms in total. The lowest BCUT2D eigenvalue weighted by molar-refractivity contribution is -0.00881. The third-order valence-corrected chi connectivity index (χ3v) is 4.29. The zero-order chi connectivity index (χ0) is 13.7. The Labute approximate surface area is 115 Å². The highest BCUT2D eigenvalue weighted by Crippen LogP contribution is 2.33. The molecule has 3 heteroatoms. The fourth-order valence-corrected chi connectivity index (χ4v) is 2.89. The highest BCUT2D eigenvalue weighted by atomic mass is 19.1. The van der Waals surface area contributed by atoms with Crippen LogP contribution in [0, 0.1) is 11.7 Å². The molecule has 0 saturated heterocycles. The van der Waals surface area contributed by atoms with Gasteiger partial charge in [-0.15, -0.1) is 0 Å². The normalized spacial score (nSPS) is 27.4. The first-order valence-electron chi connectivity index (χ1n) is 7.29. The van der Waals surface area contributed by atoms with Crippen molar-refractivity contribution in [2.45, 2.75) is 51.2 Å². The molecule has 0 aliphatic heterocycles. The number of benzene rings is 1. The van der Waals surface area contributed by atoms with Gasteiger partial charge in [-0.25, -0.2) is 4.39 Å². The average Bonchev–Trinajstić information content (AvgIpc) is 2.40. The number of aliphatic hydroxyl groups is 1. The van der Waals surface area contributed by atoms with Gasteiger partial charge in [0.1, 0.15) is 5.82 Å². The van der Waals surface area contributed by atoms with E-state index in [1.165, 1.54) is 18.6 Å². The Bertz CT molecular complexity index is 399. The van der Waals surface area contributed by atoms with Crippen LogP contribution >= 0.6 is 0 Å². The molecule has 0 bridgehead atoms. The number of halogens is 1. The summed E-state index contributed by atoms with van der Waals surface area (Å²) >= 11 is 0. The third-order valence-electron chi connectivity index (χ3n) is 4.29. The largest absolute Gasteiger partial charge is 0.389 e. The van der Waals surface area contributed by atoms with E-state index in [0.29, 0.717) is 13.1 Å². The number of rotatable bonds is 5. The summed E-state index contributed by atoms with van der Waals surface area (Å²) in [5, 5.41) is 13.7. The summed E-state index contributed by atoms with van der Waals surface area (Å²) in [7, 11) is 0. The Kier molecular flexibility index (Phi) is 4.94. The molecule has 0 radical (unpaired) electrons. The summed E-state index contributed by atoms with van der Waals surface area (Å²) in [5.41, 5.74) is 0.352. The van der Waals surface area contributed by atoms with Crippen molar-refractivity contribution in [3.63, 3.8) is 0 Å². The molecule has 0 heterocycles. The van der Waals surface area contributed by atoms with Gasteiger partial charge in [0.25, 0.3) is 0 Å². The monoisotopic (exact) mass is 265 g/mol. The molecular weight excluding hydrogens is 241 g/mol. The van der Waals surface area contributed by atoms with Crippen LogP contribution in [-0.4, -0.2) is 17.3 Å². The summed E-state index contributed by atoms with van der Waals surface area (Å²) in [5.74, 6) is 0.574. The van der Waals surface area contributed by atoms with Gasteiger partial charge in [0.2, 0.25) is 0 Å². The summed E-state index contributed by atoms with van der Waals surface area (Å²) < 4.78 is 13.0. The standard InChI is InChI=1S/C16H24FNO/c1-2-13-6-8-16(19,9-7-13)12-18-11-14-4-3-5-15(17)10-14/h3-5,10,13,18-19H,2,6-9,11-12H2,1H3. The molecule has 19 heavy (non-hydrogen) atoms. The molecule has 0 spiro atoms. The average molecular weight is 265 g/mol. The van der Waals surface area contributed by atoms with E-state index in [2.05, 4.69) is 12.2 Å². The molecule has 1 aliphatic carbocycles. The molecule has 0 atom stereocenters. The smallest absolute Gasteiger partial charge is 0.123 e. The molecule has 1 aromatic carbocycles. The van der Waals surface area contributed by atoms with Gasteiger partial charge in [-0.1, -0.05) is 25.5 Å². The molecule has 1 saturated carbocycles. The van der Waals surface area contributed by atoms with Crippen molar-refractivity contribution in [3.8, 4) is 0 Å². The van der Waals surface area contributed by atoms with Crippen LogP contribution in [0.4, 0.5) is 4.39 Å². The van der Waals surface area contributed by atoms with E-state index in [-0.39, 0.29) is 5.82 Å². The van der Waals surface area contributed by atoms with Gasteiger partial charge in [0.05, 0.1) is 5.60 Å². The molecule has 106 valence electrons. The maximum Gasteiger partial charge on any atom is 0.123 e. The van der Waals surface area contributed by atoms with Gasteiger partial charge in [0, 0.05) is 13.1 Å². The first kappa shape index (κ1) is 14.5. The van der Waals surface area contributed by atoms with Crippen molar-refractivity contribution in [3.05, 3.63) is 35.6 Å². The molecule has 2 rings (SSSR count). The fourth-order valence-electron chi connectivity index (χ4n) is 2.89. The minimum atomic E-state index is -0.570. The second-order valence-electron chi connectivity index (χ2n) is 5.81. The van der Waals surface area contributed by atoms with Crippen LogP contribution in [-0.2, 0) is 6.54 Å². The van der Waals surface area contributed by atoms with Crippen molar-refractivity contribution in [1.82, 2.24) is 5.32 Å². The predicted octanol–water partition coefficient (Wildman–Crippen LogP) is 3.25. The van der Waals surface area contributed by atoms with Crippen molar-refractivity contribution < 1.29 is 9.50 Å². The molecule has 1 aromatic rings. The molecule has 2 N–H and O–H groups in total. The molecule has 0 amide bonds. The van der Waals surface area contributed by atoms with E-state index in [0.717, 1.165) is 37.2 Å². The van der Waals surface area contributed by atoms with E-state index in [1.54, 1.807) is 6.07 Å². The maximum absolute atomic E-state index is 13.0. The quantitative estimate of drug-likeness (QED) is 0.856. The second kappa shape index (κ2) is 6.49. The van der Waals surface area contributed by atoms with E-state index < -0.39 is 5.60 Å². The van der Waals surface area contributed by atoms with Crippen molar-refractivity contribution in [2.24, 2.45) is 5.92 Å². The van der Waals surface area contributed by atoms with Crippen LogP contribution in [0.3, 0.4) is 0 Å². The Morgan fingerprint density at radius 2 is 2.11 bits per heavy atom. The highest BCUT2D eigenvalue weighted by molar-refractivity contribution is 5.16. The minimum Gasteiger partial charge on any atom is -0.389 e. The second-order valence-corrected chi connectivity index (χ2v) is 5.81. The lowest BCUT2D eigenvalue weighted by atomic mass is 9.78. The van der Waals surface area contributed by atoms with Crippen LogP contribution in [0.5, 0.6) is 0 Å². The maximum atomic E-state index is 13.0.